The van der Waals surface area contributed by atoms with E-state index in [9.17, 15) is 15.8 Å². The van der Waals surface area contributed by atoms with Gasteiger partial charge in [-0.1, -0.05) is 24.3 Å². The number of fused-ring (bicyclic) bond motifs is 7. The summed E-state index contributed by atoms with van der Waals surface area (Å²) in [5, 5.41) is 34.4. The fraction of sp³-hybridized carbons (Fsp3) is 0. The Labute approximate surface area is 193 Å². The second-order valence-electron chi connectivity index (χ2n) is 7.53. The SMILES string of the molecule is [C-]#[N+]c1c([N+]#[C-])c([N+]#[C-])c2c3cc4ccccc4cc3c3cc(C#N)c(C#N)cc3c2c1C#N. The summed E-state index contributed by atoms with van der Waals surface area (Å²) in [6.07, 6.45) is 0. The van der Waals surface area contributed by atoms with Crippen LogP contribution in [0.25, 0.3) is 57.6 Å². The summed E-state index contributed by atoms with van der Waals surface area (Å²) >= 11 is 0. The topological polar surface area (TPSA) is 84.5 Å². The van der Waals surface area contributed by atoms with Gasteiger partial charge in [0.15, 0.2) is 5.69 Å². The van der Waals surface area contributed by atoms with Crippen LogP contribution in [-0.4, -0.2) is 0 Å². The molecule has 0 atom stereocenters. The van der Waals surface area contributed by atoms with Crippen LogP contribution in [0.2, 0.25) is 0 Å². The lowest BCUT2D eigenvalue weighted by atomic mass is 9.87. The van der Waals surface area contributed by atoms with Crippen molar-refractivity contribution in [3.05, 3.63) is 99.5 Å². The number of nitriles is 3. The Kier molecular flexibility index (Phi) is 4.32. The Morgan fingerprint density at radius 2 is 1.06 bits per heavy atom. The third-order valence-corrected chi connectivity index (χ3v) is 5.98. The summed E-state index contributed by atoms with van der Waals surface area (Å²) < 4.78 is 0. The van der Waals surface area contributed by atoms with Crippen LogP contribution in [0.3, 0.4) is 0 Å². The van der Waals surface area contributed by atoms with E-state index in [2.05, 4.69) is 26.7 Å². The Hall–Kier alpha value is -5.92. The monoisotopic (exact) mass is 428 g/mol. The predicted molar refractivity (Wildman–Crippen MR) is 129 cm³/mol. The van der Waals surface area contributed by atoms with Crippen LogP contribution < -0.4 is 0 Å². The van der Waals surface area contributed by atoms with Crippen molar-refractivity contribution in [1.82, 2.24) is 0 Å². The molecule has 0 aliphatic heterocycles. The molecule has 0 aliphatic carbocycles. The number of rotatable bonds is 0. The first-order valence-corrected chi connectivity index (χ1v) is 9.90. The number of hydrogen-bond donors (Lipinski definition) is 0. The summed E-state index contributed by atoms with van der Waals surface area (Å²) in [6.45, 7) is 23.1. The van der Waals surface area contributed by atoms with Crippen LogP contribution in [0.5, 0.6) is 0 Å². The minimum atomic E-state index is -0.180. The molecule has 0 spiro atoms. The molecule has 0 aliphatic rings. The van der Waals surface area contributed by atoms with E-state index in [1.54, 1.807) is 6.07 Å². The molecule has 5 rings (SSSR count). The third-order valence-electron chi connectivity index (χ3n) is 5.98. The Balaban J connectivity index is 2.30. The van der Waals surface area contributed by atoms with E-state index in [4.69, 9.17) is 19.7 Å². The van der Waals surface area contributed by atoms with Crippen molar-refractivity contribution in [2.45, 2.75) is 0 Å². The maximum absolute atomic E-state index is 10.1. The molecule has 0 aromatic heterocycles. The van der Waals surface area contributed by atoms with Crippen molar-refractivity contribution >= 4 is 60.2 Å². The molecule has 0 heterocycles. The molecule has 0 saturated heterocycles. The first-order chi connectivity index (χ1) is 16.6. The van der Waals surface area contributed by atoms with Crippen LogP contribution >= 0.6 is 0 Å². The van der Waals surface area contributed by atoms with Crippen molar-refractivity contribution in [3.63, 3.8) is 0 Å². The Bertz CT molecular complexity index is 2020. The minimum Gasteiger partial charge on any atom is -0.262 e. The van der Waals surface area contributed by atoms with E-state index in [-0.39, 0.29) is 33.8 Å². The molecular weight excluding hydrogens is 420 g/mol. The lowest BCUT2D eigenvalue weighted by Crippen LogP contribution is -1.92. The molecule has 0 N–H and O–H groups in total. The van der Waals surface area contributed by atoms with Crippen molar-refractivity contribution in [1.29, 1.82) is 15.8 Å². The van der Waals surface area contributed by atoms with Crippen molar-refractivity contribution < 1.29 is 0 Å². The molecule has 0 saturated carbocycles. The quantitative estimate of drug-likeness (QED) is 0.145. The molecule has 0 bridgehead atoms. The lowest BCUT2D eigenvalue weighted by molar-refractivity contribution is 1.45. The summed E-state index contributed by atoms with van der Waals surface area (Å²) in [4.78, 5) is 10.5. The smallest absolute Gasteiger partial charge is 0.202 e. The highest BCUT2D eigenvalue weighted by atomic mass is 14.8. The van der Waals surface area contributed by atoms with Crippen molar-refractivity contribution in [2.75, 3.05) is 0 Å². The highest BCUT2D eigenvalue weighted by Crippen LogP contribution is 2.52. The van der Waals surface area contributed by atoms with Crippen LogP contribution in [0.1, 0.15) is 16.7 Å². The molecule has 34 heavy (non-hydrogen) atoms. The van der Waals surface area contributed by atoms with E-state index in [0.717, 1.165) is 16.2 Å². The van der Waals surface area contributed by atoms with E-state index < -0.39 is 0 Å². The maximum atomic E-state index is 10.1. The van der Waals surface area contributed by atoms with E-state index in [1.165, 1.54) is 6.07 Å². The lowest BCUT2D eigenvalue weighted by Gasteiger charge is -2.17. The maximum Gasteiger partial charge on any atom is 0.202 e. The van der Waals surface area contributed by atoms with Crippen LogP contribution in [0.4, 0.5) is 17.1 Å². The molecule has 150 valence electrons. The normalized spacial score (nSPS) is 10.2. The molecule has 0 fully saturated rings. The Morgan fingerprint density at radius 1 is 0.559 bits per heavy atom. The van der Waals surface area contributed by atoms with Gasteiger partial charge in [0.05, 0.1) is 42.5 Å². The highest BCUT2D eigenvalue weighted by molar-refractivity contribution is 6.33. The fourth-order valence-corrected chi connectivity index (χ4v) is 4.56. The van der Waals surface area contributed by atoms with Gasteiger partial charge in [-0.25, -0.2) is 0 Å². The van der Waals surface area contributed by atoms with E-state index in [1.807, 2.05) is 42.5 Å². The zero-order valence-corrected chi connectivity index (χ0v) is 17.3. The second kappa shape index (κ2) is 7.34. The predicted octanol–water partition coefficient (Wildman–Crippen LogP) is 7.57. The van der Waals surface area contributed by atoms with Gasteiger partial charge in [0.2, 0.25) is 11.4 Å². The van der Waals surface area contributed by atoms with Gasteiger partial charge in [-0.15, -0.1) is 0 Å². The summed E-state index contributed by atoms with van der Waals surface area (Å²) in [7, 11) is 0. The largest absolute Gasteiger partial charge is 0.262 e. The summed E-state index contributed by atoms with van der Waals surface area (Å²) in [5.74, 6) is 0. The van der Waals surface area contributed by atoms with E-state index >= 15 is 0 Å². The molecule has 0 radical (unpaired) electrons. The first-order valence-electron chi connectivity index (χ1n) is 9.90. The van der Waals surface area contributed by atoms with Crippen molar-refractivity contribution in [2.24, 2.45) is 0 Å². The average molecular weight is 428 g/mol. The molecule has 0 amide bonds. The summed E-state index contributed by atoms with van der Waals surface area (Å²) in [6, 6.07) is 20.8. The number of nitrogens with zero attached hydrogens (tertiary/aromatic N) is 6. The van der Waals surface area contributed by atoms with Crippen LogP contribution in [0.15, 0.2) is 48.5 Å². The van der Waals surface area contributed by atoms with Gasteiger partial charge in [-0.2, -0.15) is 15.8 Å². The average Bonchev–Trinajstić information content (AvgIpc) is 2.89. The molecule has 5 aromatic rings. The first kappa shape index (κ1) is 20.0. The molecule has 5 aromatic carbocycles. The van der Waals surface area contributed by atoms with Crippen LogP contribution in [-0.2, 0) is 0 Å². The van der Waals surface area contributed by atoms with Crippen molar-refractivity contribution in [3.8, 4) is 18.2 Å². The zero-order chi connectivity index (χ0) is 24.0. The number of benzene rings is 5. The van der Waals surface area contributed by atoms with Gasteiger partial charge in [-0.3, -0.25) is 14.5 Å². The molecule has 6 nitrogen and oxygen atoms in total. The molecular formula is C28H8N6. The zero-order valence-electron chi connectivity index (χ0n) is 17.3. The minimum absolute atomic E-state index is 0.0000449. The van der Waals surface area contributed by atoms with Gasteiger partial charge < -0.3 is 0 Å². The van der Waals surface area contributed by atoms with E-state index in [0.29, 0.717) is 26.9 Å². The van der Waals surface area contributed by atoms with Gasteiger partial charge in [0.25, 0.3) is 0 Å². The number of hydrogen-bond acceptors (Lipinski definition) is 3. The van der Waals surface area contributed by atoms with Crippen LogP contribution in [0, 0.1) is 53.7 Å². The third kappa shape index (κ3) is 2.50. The van der Waals surface area contributed by atoms with Gasteiger partial charge in [0.1, 0.15) is 12.1 Å². The van der Waals surface area contributed by atoms with Gasteiger partial charge in [-0.05, 0) is 67.4 Å². The van der Waals surface area contributed by atoms with Gasteiger partial charge >= 0.3 is 0 Å². The highest BCUT2D eigenvalue weighted by Gasteiger charge is 2.25. The second-order valence-corrected chi connectivity index (χ2v) is 7.53. The Morgan fingerprint density at radius 3 is 1.59 bits per heavy atom. The molecule has 6 heteroatoms. The summed E-state index contributed by atoms with van der Waals surface area (Å²) in [5.41, 5.74) is -0.0337. The fourth-order valence-electron chi connectivity index (χ4n) is 4.56. The standard InChI is InChI=1S/C28H8N6/c1-32-26-23(14-31)24-21-11-18(13-30)17(12-29)10-20(21)19-8-15-6-4-5-7-16(15)9-22(19)25(24)27(33-2)28(26)34-3/h4-11H. The van der Waals surface area contributed by atoms with Gasteiger partial charge in [0, 0.05) is 0 Å². The molecule has 0 unspecified atom stereocenters.